The lowest BCUT2D eigenvalue weighted by molar-refractivity contribution is -0.385. The molecule has 2 aromatic carbocycles. The molecular formula is C14H13BrN2O3. The van der Waals surface area contributed by atoms with Gasteiger partial charge in [-0.2, -0.15) is 0 Å². The number of hydrogen-bond donors (Lipinski definition) is 1. The molecule has 104 valence electrons. The molecule has 2 aromatic rings. The molecule has 0 radical (unpaired) electrons. The van der Waals surface area contributed by atoms with Gasteiger partial charge in [-0.3, -0.25) is 10.1 Å². The molecule has 0 aliphatic rings. The first-order chi connectivity index (χ1) is 9.63. The van der Waals surface area contributed by atoms with E-state index in [1.165, 1.54) is 6.07 Å². The lowest BCUT2D eigenvalue weighted by Crippen LogP contribution is -2.06. The van der Waals surface area contributed by atoms with Crippen molar-refractivity contribution >= 4 is 21.6 Å². The van der Waals surface area contributed by atoms with Crippen molar-refractivity contribution in [2.75, 3.05) is 7.05 Å². The molecule has 0 fully saturated rings. The average Bonchev–Trinajstić information content (AvgIpc) is 2.43. The third kappa shape index (κ3) is 3.15. The Kier molecular flexibility index (Phi) is 4.70. The van der Waals surface area contributed by atoms with E-state index < -0.39 is 4.92 Å². The molecule has 0 aromatic heterocycles. The summed E-state index contributed by atoms with van der Waals surface area (Å²) < 4.78 is 6.30. The number of rotatable bonds is 5. The minimum absolute atomic E-state index is 0.0707. The molecule has 0 aliphatic heterocycles. The zero-order valence-corrected chi connectivity index (χ0v) is 12.4. The van der Waals surface area contributed by atoms with Crippen LogP contribution in [-0.4, -0.2) is 12.0 Å². The minimum atomic E-state index is -0.458. The largest absolute Gasteiger partial charge is 0.449 e. The van der Waals surface area contributed by atoms with Crippen molar-refractivity contribution in [1.29, 1.82) is 0 Å². The average molecular weight is 337 g/mol. The molecule has 6 heteroatoms. The second kappa shape index (κ2) is 6.49. The Bertz CT molecular complexity index is 632. The van der Waals surface area contributed by atoms with Crippen LogP contribution in [0.1, 0.15) is 5.56 Å². The number of ether oxygens (including phenoxy) is 1. The van der Waals surface area contributed by atoms with Crippen molar-refractivity contribution in [2.24, 2.45) is 0 Å². The maximum Gasteiger partial charge on any atom is 0.312 e. The van der Waals surface area contributed by atoms with Gasteiger partial charge in [0.2, 0.25) is 5.75 Å². The smallest absolute Gasteiger partial charge is 0.312 e. The summed E-state index contributed by atoms with van der Waals surface area (Å²) in [5, 5.41) is 14.1. The molecule has 0 amide bonds. The number of nitrogens with zero attached hydrogens (tertiary/aromatic N) is 1. The van der Waals surface area contributed by atoms with Crippen LogP contribution in [0.4, 0.5) is 5.69 Å². The van der Waals surface area contributed by atoms with Gasteiger partial charge in [-0.05, 0) is 35.1 Å². The van der Waals surface area contributed by atoms with Crippen molar-refractivity contribution < 1.29 is 9.66 Å². The van der Waals surface area contributed by atoms with Gasteiger partial charge in [0.05, 0.1) is 9.40 Å². The quantitative estimate of drug-likeness (QED) is 0.664. The first-order valence-electron chi connectivity index (χ1n) is 5.96. The van der Waals surface area contributed by atoms with Crippen LogP contribution in [0.3, 0.4) is 0 Å². The summed E-state index contributed by atoms with van der Waals surface area (Å²) in [6.45, 7) is 0.619. The maximum absolute atomic E-state index is 11.1. The van der Waals surface area contributed by atoms with Crippen LogP contribution in [0.25, 0.3) is 0 Å². The van der Waals surface area contributed by atoms with Crippen LogP contribution in [0, 0.1) is 10.1 Å². The number of para-hydroxylation sites is 2. The van der Waals surface area contributed by atoms with E-state index in [9.17, 15) is 10.1 Å². The number of nitrogens with one attached hydrogen (secondary N) is 1. The van der Waals surface area contributed by atoms with Gasteiger partial charge >= 0.3 is 5.69 Å². The molecule has 2 rings (SSSR count). The Balaban J connectivity index is 2.42. The minimum Gasteiger partial charge on any atom is -0.449 e. The summed E-state index contributed by atoms with van der Waals surface area (Å²) in [5.74, 6) is 0.804. The monoisotopic (exact) mass is 336 g/mol. The normalized spacial score (nSPS) is 10.3. The molecule has 0 saturated carbocycles. The van der Waals surface area contributed by atoms with E-state index in [1.807, 2.05) is 25.2 Å². The fraction of sp³-hybridized carbons (Fsp3) is 0.143. The van der Waals surface area contributed by atoms with E-state index in [0.29, 0.717) is 16.8 Å². The van der Waals surface area contributed by atoms with Crippen LogP contribution in [0.2, 0.25) is 0 Å². The second-order valence-corrected chi connectivity index (χ2v) is 4.94. The topological polar surface area (TPSA) is 64.4 Å². The first-order valence-corrected chi connectivity index (χ1v) is 6.76. The van der Waals surface area contributed by atoms with Crippen LogP contribution in [-0.2, 0) is 6.54 Å². The van der Waals surface area contributed by atoms with Gasteiger partial charge in [0.25, 0.3) is 0 Å². The zero-order valence-electron chi connectivity index (χ0n) is 10.8. The predicted molar refractivity (Wildman–Crippen MR) is 80.1 cm³/mol. The third-order valence-electron chi connectivity index (χ3n) is 2.69. The van der Waals surface area contributed by atoms with Crippen molar-refractivity contribution in [3.63, 3.8) is 0 Å². The van der Waals surface area contributed by atoms with Crippen LogP contribution >= 0.6 is 15.9 Å². The standard InChI is InChI=1S/C14H13BrN2O3/c1-16-9-10-5-2-3-8-13(10)20-14-11(15)6-4-7-12(14)17(18)19/h2-8,16H,9H2,1H3. The summed E-state index contributed by atoms with van der Waals surface area (Å²) in [6, 6.07) is 12.2. The highest BCUT2D eigenvalue weighted by atomic mass is 79.9. The molecule has 0 heterocycles. The van der Waals surface area contributed by atoms with E-state index in [1.54, 1.807) is 18.2 Å². The highest BCUT2D eigenvalue weighted by Crippen LogP contribution is 2.38. The van der Waals surface area contributed by atoms with Gasteiger partial charge in [-0.1, -0.05) is 24.3 Å². The predicted octanol–water partition coefficient (Wildman–Crippen LogP) is 3.87. The summed E-state index contributed by atoms with van der Waals surface area (Å²) in [6.07, 6.45) is 0. The molecule has 0 spiro atoms. The third-order valence-corrected chi connectivity index (χ3v) is 3.32. The highest BCUT2D eigenvalue weighted by Gasteiger charge is 2.19. The number of hydrogen-bond acceptors (Lipinski definition) is 4. The Hall–Kier alpha value is -1.92. The maximum atomic E-state index is 11.1. The summed E-state index contributed by atoms with van der Waals surface area (Å²) in [7, 11) is 1.83. The van der Waals surface area contributed by atoms with Gasteiger partial charge in [0, 0.05) is 18.2 Å². The number of benzene rings is 2. The van der Waals surface area contributed by atoms with Gasteiger partial charge in [0.15, 0.2) is 0 Å². The fourth-order valence-electron chi connectivity index (χ4n) is 1.79. The van der Waals surface area contributed by atoms with Crippen molar-refractivity contribution in [3.8, 4) is 11.5 Å². The molecule has 1 N–H and O–H groups in total. The van der Waals surface area contributed by atoms with Crippen LogP contribution in [0.5, 0.6) is 11.5 Å². The van der Waals surface area contributed by atoms with Gasteiger partial charge in [0.1, 0.15) is 5.75 Å². The van der Waals surface area contributed by atoms with E-state index in [4.69, 9.17) is 4.74 Å². The Morgan fingerprint density at radius 3 is 2.70 bits per heavy atom. The zero-order chi connectivity index (χ0) is 14.5. The van der Waals surface area contributed by atoms with Gasteiger partial charge in [-0.25, -0.2) is 0 Å². The summed E-state index contributed by atoms with van der Waals surface area (Å²) in [5.41, 5.74) is 0.860. The first kappa shape index (κ1) is 14.5. The molecule has 0 aliphatic carbocycles. The van der Waals surface area contributed by atoms with Crippen LogP contribution < -0.4 is 10.1 Å². The molecule has 5 nitrogen and oxygen atoms in total. The Labute approximate surface area is 124 Å². The number of halogens is 1. The number of nitro groups is 1. The second-order valence-electron chi connectivity index (χ2n) is 4.09. The molecule has 0 unspecified atom stereocenters. The molecular weight excluding hydrogens is 324 g/mol. The molecule has 0 bridgehead atoms. The van der Waals surface area contributed by atoms with Gasteiger partial charge in [-0.15, -0.1) is 0 Å². The van der Waals surface area contributed by atoms with E-state index in [-0.39, 0.29) is 11.4 Å². The Morgan fingerprint density at radius 2 is 2.00 bits per heavy atom. The van der Waals surface area contributed by atoms with Crippen molar-refractivity contribution in [1.82, 2.24) is 5.32 Å². The lowest BCUT2D eigenvalue weighted by atomic mass is 10.2. The van der Waals surface area contributed by atoms with E-state index >= 15 is 0 Å². The van der Waals surface area contributed by atoms with Crippen molar-refractivity contribution in [2.45, 2.75) is 6.54 Å². The van der Waals surface area contributed by atoms with Crippen LogP contribution in [0.15, 0.2) is 46.9 Å². The van der Waals surface area contributed by atoms with Gasteiger partial charge < -0.3 is 10.1 Å². The highest BCUT2D eigenvalue weighted by molar-refractivity contribution is 9.10. The van der Waals surface area contributed by atoms with E-state index in [0.717, 1.165) is 5.56 Å². The lowest BCUT2D eigenvalue weighted by Gasteiger charge is -2.12. The molecule has 0 atom stereocenters. The Morgan fingerprint density at radius 1 is 1.25 bits per heavy atom. The number of nitro benzene ring substituents is 1. The fourth-order valence-corrected chi connectivity index (χ4v) is 2.23. The molecule has 20 heavy (non-hydrogen) atoms. The van der Waals surface area contributed by atoms with E-state index in [2.05, 4.69) is 21.2 Å². The SMILES string of the molecule is CNCc1ccccc1Oc1c(Br)cccc1[N+](=O)[O-]. The van der Waals surface area contributed by atoms with Crippen molar-refractivity contribution in [3.05, 3.63) is 62.6 Å². The summed E-state index contributed by atoms with van der Waals surface area (Å²) in [4.78, 5) is 10.6. The summed E-state index contributed by atoms with van der Waals surface area (Å²) >= 11 is 3.29. The molecule has 0 saturated heterocycles.